The van der Waals surface area contributed by atoms with E-state index in [1.165, 1.54) is 44.1 Å². The molecule has 1 aromatic rings. The Bertz CT molecular complexity index is 426. The number of hydrogen-bond acceptors (Lipinski definition) is 2. The number of aromatic nitrogens is 1. The van der Waals surface area contributed by atoms with Gasteiger partial charge in [-0.2, -0.15) is 0 Å². The minimum atomic E-state index is -0.0768. The molecule has 0 fully saturated rings. The van der Waals surface area contributed by atoms with Gasteiger partial charge in [-0.15, -0.1) is 0 Å². The Kier molecular flexibility index (Phi) is 5.60. The molecule has 3 nitrogen and oxygen atoms in total. The molecular weight excluding hydrogens is 236 g/mol. The van der Waals surface area contributed by atoms with Crippen LogP contribution in [0.3, 0.4) is 0 Å². The molecule has 1 aliphatic carbocycles. The van der Waals surface area contributed by atoms with E-state index in [-0.39, 0.29) is 5.91 Å². The van der Waals surface area contributed by atoms with Crippen molar-refractivity contribution in [1.82, 2.24) is 10.3 Å². The molecule has 0 saturated carbocycles. The highest BCUT2D eigenvalue weighted by atomic mass is 16.1. The van der Waals surface area contributed by atoms with Gasteiger partial charge in [0.15, 0.2) is 0 Å². The highest BCUT2D eigenvalue weighted by Crippen LogP contribution is 2.18. The minimum absolute atomic E-state index is 0.0768. The number of hydrogen-bond donors (Lipinski definition) is 1. The summed E-state index contributed by atoms with van der Waals surface area (Å²) in [6.45, 7) is 0.710. The predicted octanol–water partition coefficient (Wildman–Crippen LogP) is 3.48. The van der Waals surface area contributed by atoms with E-state index in [0.717, 1.165) is 6.42 Å². The van der Waals surface area contributed by atoms with Gasteiger partial charge in [-0.25, -0.2) is 0 Å². The zero-order valence-electron chi connectivity index (χ0n) is 11.4. The van der Waals surface area contributed by atoms with Crippen LogP contribution in [-0.2, 0) is 0 Å². The molecule has 0 atom stereocenters. The van der Waals surface area contributed by atoms with Crippen LogP contribution in [0.5, 0.6) is 0 Å². The van der Waals surface area contributed by atoms with E-state index < -0.39 is 0 Å². The summed E-state index contributed by atoms with van der Waals surface area (Å²) in [6, 6.07) is 5.39. The summed E-state index contributed by atoms with van der Waals surface area (Å²) in [6.07, 6.45) is 12.7. The Morgan fingerprint density at radius 2 is 2.11 bits per heavy atom. The van der Waals surface area contributed by atoms with Crippen molar-refractivity contribution in [2.24, 2.45) is 0 Å². The predicted molar refractivity (Wildman–Crippen MR) is 77.0 cm³/mol. The van der Waals surface area contributed by atoms with Crippen LogP contribution in [0.4, 0.5) is 0 Å². The van der Waals surface area contributed by atoms with Crippen molar-refractivity contribution in [3.8, 4) is 0 Å². The zero-order chi connectivity index (χ0) is 13.3. The number of carbonyl (C=O) groups excluding carboxylic acids is 1. The Hall–Kier alpha value is -1.64. The van der Waals surface area contributed by atoms with Crippen LogP contribution >= 0.6 is 0 Å². The van der Waals surface area contributed by atoms with Gasteiger partial charge >= 0.3 is 0 Å². The van der Waals surface area contributed by atoms with Crippen molar-refractivity contribution in [3.63, 3.8) is 0 Å². The van der Waals surface area contributed by atoms with Crippen LogP contribution in [0.15, 0.2) is 36.0 Å². The lowest BCUT2D eigenvalue weighted by atomic mass is 9.98. The molecular formula is C16H22N2O. The number of allylic oxidation sites excluding steroid dienone is 1. The summed E-state index contributed by atoms with van der Waals surface area (Å²) in [7, 11) is 0. The quantitative estimate of drug-likeness (QED) is 0.840. The molecule has 19 heavy (non-hydrogen) atoms. The van der Waals surface area contributed by atoms with E-state index in [1.807, 2.05) is 12.1 Å². The smallest absolute Gasteiger partial charge is 0.269 e. The fourth-order valence-electron chi connectivity index (χ4n) is 2.41. The number of rotatable bonds is 4. The summed E-state index contributed by atoms with van der Waals surface area (Å²) < 4.78 is 0. The summed E-state index contributed by atoms with van der Waals surface area (Å²) >= 11 is 0. The second kappa shape index (κ2) is 7.72. The van der Waals surface area contributed by atoms with E-state index in [2.05, 4.69) is 16.4 Å². The van der Waals surface area contributed by atoms with Crippen LogP contribution in [-0.4, -0.2) is 17.4 Å². The summed E-state index contributed by atoms with van der Waals surface area (Å²) in [4.78, 5) is 15.9. The first-order valence-corrected chi connectivity index (χ1v) is 7.23. The largest absolute Gasteiger partial charge is 0.350 e. The maximum Gasteiger partial charge on any atom is 0.269 e. The fraction of sp³-hybridized carbons (Fsp3) is 0.500. The summed E-state index contributed by atoms with van der Waals surface area (Å²) in [5.74, 6) is -0.0768. The van der Waals surface area contributed by atoms with E-state index in [4.69, 9.17) is 0 Å². The second-order valence-corrected chi connectivity index (χ2v) is 5.04. The van der Waals surface area contributed by atoms with Crippen LogP contribution in [0.25, 0.3) is 0 Å². The highest BCUT2D eigenvalue weighted by molar-refractivity contribution is 5.92. The molecule has 1 amide bonds. The third-order valence-electron chi connectivity index (χ3n) is 3.51. The normalized spacial score (nSPS) is 16.1. The molecule has 2 rings (SSSR count). The average molecular weight is 258 g/mol. The molecule has 0 aromatic carbocycles. The molecule has 0 radical (unpaired) electrons. The summed E-state index contributed by atoms with van der Waals surface area (Å²) in [5, 5.41) is 2.94. The number of amides is 1. The SMILES string of the molecule is O=C(NCCC1=CCCCCCC1)c1ccccn1. The molecule has 3 heteroatoms. The van der Waals surface area contributed by atoms with Crippen molar-refractivity contribution in [2.75, 3.05) is 6.54 Å². The lowest BCUT2D eigenvalue weighted by Gasteiger charge is -2.11. The molecule has 102 valence electrons. The number of carbonyl (C=O) groups is 1. The fourth-order valence-corrected chi connectivity index (χ4v) is 2.41. The van der Waals surface area contributed by atoms with Crippen LogP contribution in [0.2, 0.25) is 0 Å². The van der Waals surface area contributed by atoms with Gasteiger partial charge in [-0.1, -0.05) is 30.6 Å². The van der Waals surface area contributed by atoms with E-state index in [9.17, 15) is 4.79 Å². The Morgan fingerprint density at radius 1 is 1.21 bits per heavy atom. The van der Waals surface area contributed by atoms with Crippen LogP contribution in [0.1, 0.15) is 55.4 Å². The van der Waals surface area contributed by atoms with Crippen molar-refractivity contribution in [3.05, 3.63) is 41.7 Å². The minimum Gasteiger partial charge on any atom is -0.350 e. The lowest BCUT2D eigenvalue weighted by molar-refractivity contribution is 0.0949. The van der Waals surface area contributed by atoms with Gasteiger partial charge in [0, 0.05) is 12.7 Å². The molecule has 0 bridgehead atoms. The maximum absolute atomic E-state index is 11.8. The van der Waals surface area contributed by atoms with E-state index in [1.54, 1.807) is 12.3 Å². The molecule has 1 N–H and O–H groups in total. The maximum atomic E-state index is 11.8. The van der Waals surface area contributed by atoms with Crippen molar-refractivity contribution >= 4 is 5.91 Å². The van der Waals surface area contributed by atoms with Gasteiger partial charge in [0.1, 0.15) is 5.69 Å². The number of pyridine rings is 1. The van der Waals surface area contributed by atoms with Gasteiger partial charge in [0.2, 0.25) is 0 Å². The topological polar surface area (TPSA) is 42.0 Å². The molecule has 0 saturated heterocycles. The van der Waals surface area contributed by atoms with E-state index >= 15 is 0 Å². The molecule has 1 heterocycles. The third-order valence-corrected chi connectivity index (χ3v) is 3.51. The highest BCUT2D eigenvalue weighted by Gasteiger charge is 2.06. The lowest BCUT2D eigenvalue weighted by Crippen LogP contribution is -2.25. The average Bonchev–Trinajstić information content (AvgIpc) is 2.42. The van der Waals surface area contributed by atoms with Crippen molar-refractivity contribution < 1.29 is 4.79 Å². The molecule has 1 aliphatic rings. The van der Waals surface area contributed by atoms with Gasteiger partial charge < -0.3 is 5.32 Å². The Labute approximate surface area is 115 Å². The number of nitrogens with zero attached hydrogens (tertiary/aromatic N) is 1. The van der Waals surface area contributed by atoms with E-state index in [0.29, 0.717) is 12.2 Å². The van der Waals surface area contributed by atoms with Crippen molar-refractivity contribution in [1.29, 1.82) is 0 Å². The second-order valence-electron chi connectivity index (χ2n) is 5.04. The Morgan fingerprint density at radius 3 is 2.95 bits per heavy atom. The van der Waals surface area contributed by atoms with Gasteiger partial charge in [0.25, 0.3) is 5.91 Å². The Balaban J connectivity index is 1.75. The molecule has 0 spiro atoms. The first-order valence-electron chi connectivity index (χ1n) is 7.23. The van der Waals surface area contributed by atoms with Gasteiger partial charge in [-0.3, -0.25) is 9.78 Å². The van der Waals surface area contributed by atoms with Crippen molar-refractivity contribution in [2.45, 2.75) is 44.9 Å². The molecule has 0 unspecified atom stereocenters. The molecule has 0 aliphatic heterocycles. The van der Waals surface area contributed by atoms with Crippen LogP contribution in [0, 0.1) is 0 Å². The zero-order valence-corrected chi connectivity index (χ0v) is 11.4. The monoisotopic (exact) mass is 258 g/mol. The van der Waals surface area contributed by atoms with Gasteiger partial charge in [0.05, 0.1) is 0 Å². The standard InChI is InChI=1S/C16H22N2O/c19-16(15-10-6-7-12-17-15)18-13-11-14-8-4-2-1-3-5-9-14/h6-8,10,12H,1-5,9,11,13H2,(H,18,19). The molecule has 1 aromatic heterocycles. The van der Waals surface area contributed by atoms with Crippen LogP contribution < -0.4 is 5.32 Å². The van der Waals surface area contributed by atoms with Gasteiger partial charge in [-0.05, 0) is 44.2 Å². The first-order chi connectivity index (χ1) is 9.36. The number of nitrogens with one attached hydrogen (secondary N) is 1. The first kappa shape index (κ1) is 13.8. The summed E-state index contributed by atoms with van der Waals surface area (Å²) in [5.41, 5.74) is 2.00. The third kappa shape index (κ3) is 4.86.